The molecule has 3 aromatic rings. The van der Waals surface area contributed by atoms with Gasteiger partial charge < -0.3 is 9.84 Å². The number of hydrogen-bond donors (Lipinski definition) is 1. The summed E-state index contributed by atoms with van der Waals surface area (Å²) >= 11 is 1.65. The van der Waals surface area contributed by atoms with E-state index in [1.54, 1.807) is 30.0 Å². The molecule has 0 saturated carbocycles. The maximum absolute atomic E-state index is 13.7. The topological polar surface area (TPSA) is 46.5 Å². The van der Waals surface area contributed by atoms with E-state index < -0.39 is 5.97 Å². The molecule has 0 aliphatic rings. The molecule has 0 aromatic heterocycles. The fourth-order valence-electron chi connectivity index (χ4n) is 2.91. The smallest absolute Gasteiger partial charge is 0.341 e. The molecule has 0 aliphatic carbocycles. The van der Waals surface area contributed by atoms with E-state index in [1.807, 2.05) is 55.5 Å². The van der Waals surface area contributed by atoms with Crippen molar-refractivity contribution in [2.24, 2.45) is 0 Å². The van der Waals surface area contributed by atoms with E-state index in [0.29, 0.717) is 11.5 Å². The van der Waals surface area contributed by atoms with Crippen LogP contribution in [0.4, 0.5) is 4.39 Å². The van der Waals surface area contributed by atoms with Crippen molar-refractivity contribution in [3.63, 3.8) is 0 Å². The summed E-state index contributed by atoms with van der Waals surface area (Å²) in [6.07, 6.45) is 2.10. The molecule has 0 atom stereocenters. The van der Waals surface area contributed by atoms with Crippen molar-refractivity contribution in [1.82, 2.24) is 0 Å². The maximum Gasteiger partial charge on any atom is 0.341 e. The van der Waals surface area contributed by atoms with Gasteiger partial charge in [-0.1, -0.05) is 48.5 Å². The van der Waals surface area contributed by atoms with Crippen molar-refractivity contribution >= 4 is 23.3 Å². The number of hydrogen-bond acceptors (Lipinski definition) is 3. The van der Waals surface area contributed by atoms with E-state index in [2.05, 4.69) is 6.08 Å². The van der Waals surface area contributed by atoms with Crippen LogP contribution in [0.15, 0.2) is 83.8 Å². The summed E-state index contributed by atoms with van der Waals surface area (Å²) in [7, 11) is 0. The zero-order valence-corrected chi connectivity index (χ0v) is 16.8. The molecule has 0 fully saturated rings. The van der Waals surface area contributed by atoms with Crippen LogP contribution < -0.4 is 4.74 Å². The van der Waals surface area contributed by atoms with Gasteiger partial charge >= 0.3 is 5.97 Å². The molecule has 0 radical (unpaired) electrons. The SMILES string of the molecule is Cc1cc(SC/C=C(/c2ccccc2)c2cccc(F)c2)ccc1OCC(=O)O. The second-order valence-electron chi connectivity index (χ2n) is 6.41. The number of carbonyl (C=O) groups is 1. The number of carboxylic acid groups (broad SMARTS) is 1. The van der Waals surface area contributed by atoms with E-state index >= 15 is 0 Å². The first-order valence-electron chi connectivity index (χ1n) is 9.12. The summed E-state index contributed by atoms with van der Waals surface area (Å²) in [6, 6.07) is 22.2. The first-order chi connectivity index (χ1) is 14.0. The van der Waals surface area contributed by atoms with Crippen molar-refractivity contribution in [2.45, 2.75) is 11.8 Å². The van der Waals surface area contributed by atoms with Gasteiger partial charge in [0, 0.05) is 10.6 Å². The number of halogens is 1. The van der Waals surface area contributed by atoms with E-state index in [4.69, 9.17) is 9.84 Å². The molecule has 0 bridgehead atoms. The second-order valence-corrected chi connectivity index (χ2v) is 7.51. The van der Waals surface area contributed by atoms with Crippen molar-refractivity contribution < 1.29 is 19.0 Å². The van der Waals surface area contributed by atoms with Gasteiger partial charge in [-0.25, -0.2) is 9.18 Å². The number of aliphatic carboxylic acids is 1. The van der Waals surface area contributed by atoms with Gasteiger partial charge in [-0.3, -0.25) is 0 Å². The van der Waals surface area contributed by atoms with Crippen LogP contribution >= 0.6 is 11.8 Å². The minimum Gasteiger partial charge on any atom is -0.482 e. The van der Waals surface area contributed by atoms with E-state index in [0.717, 1.165) is 27.2 Å². The predicted octanol–water partition coefficient (Wildman–Crippen LogP) is 5.82. The molecule has 0 unspecified atom stereocenters. The van der Waals surface area contributed by atoms with E-state index in [-0.39, 0.29) is 12.4 Å². The zero-order chi connectivity index (χ0) is 20.6. The largest absolute Gasteiger partial charge is 0.482 e. The Hall–Kier alpha value is -3.05. The van der Waals surface area contributed by atoms with Gasteiger partial charge in [-0.15, -0.1) is 11.8 Å². The minimum absolute atomic E-state index is 0.260. The van der Waals surface area contributed by atoms with Gasteiger partial charge in [-0.05, 0) is 59.5 Å². The van der Waals surface area contributed by atoms with E-state index in [9.17, 15) is 9.18 Å². The average Bonchev–Trinajstić information content (AvgIpc) is 2.71. The Morgan fingerprint density at radius 3 is 2.48 bits per heavy atom. The number of benzene rings is 3. The molecule has 3 aromatic carbocycles. The molecule has 0 spiro atoms. The minimum atomic E-state index is -1.00. The average molecular weight is 408 g/mol. The first-order valence-corrected chi connectivity index (χ1v) is 10.1. The lowest BCUT2D eigenvalue weighted by molar-refractivity contribution is -0.139. The van der Waals surface area contributed by atoms with Crippen LogP contribution in [0.25, 0.3) is 5.57 Å². The predicted molar refractivity (Wildman–Crippen MR) is 115 cm³/mol. The number of ether oxygens (including phenoxy) is 1. The lowest BCUT2D eigenvalue weighted by atomic mass is 9.98. The molecular weight excluding hydrogens is 387 g/mol. The van der Waals surface area contributed by atoms with Crippen molar-refractivity contribution in [2.75, 3.05) is 12.4 Å². The van der Waals surface area contributed by atoms with Gasteiger partial charge in [0.25, 0.3) is 0 Å². The quantitative estimate of drug-likeness (QED) is 0.477. The summed E-state index contributed by atoms with van der Waals surface area (Å²) in [5, 5.41) is 8.73. The van der Waals surface area contributed by atoms with Crippen LogP contribution in [-0.4, -0.2) is 23.4 Å². The summed E-state index contributed by atoms with van der Waals surface area (Å²) < 4.78 is 19.0. The number of thioether (sulfide) groups is 1. The molecule has 0 amide bonds. The highest BCUT2D eigenvalue weighted by atomic mass is 32.2. The first kappa shape index (κ1) is 20.7. The third-order valence-electron chi connectivity index (χ3n) is 4.26. The fourth-order valence-corrected chi connectivity index (χ4v) is 3.78. The number of rotatable bonds is 8. The highest BCUT2D eigenvalue weighted by Gasteiger charge is 2.07. The van der Waals surface area contributed by atoms with Crippen LogP contribution in [0.5, 0.6) is 5.75 Å². The molecule has 5 heteroatoms. The van der Waals surface area contributed by atoms with Crippen LogP contribution in [0, 0.1) is 12.7 Å². The summed E-state index contributed by atoms with van der Waals surface area (Å²) in [5.74, 6) is 0.00977. The zero-order valence-electron chi connectivity index (χ0n) is 16.0. The van der Waals surface area contributed by atoms with Crippen molar-refractivity contribution in [3.05, 3.63) is 101 Å². The van der Waals surface area contributed by atoms with Crippen LogP contribution in [0.3, 0.4) is 0 Å². The third kappa shape index (κ3) is 5.96. The molecule has 29 heavy (non-hydrogen) atoms. The monoisotopic (exact) mass is 408 g/mol. The van der Waals surface area contributed by atoms with Gasteiger partial charge in [0.2, 0.25) is 0 Å². The number of carboxylic acids is 1. The van der Waals surface area contributed by atoms with Crippen LogP contribution in [0.1, 0.15) is 16.7 Å². The maximum atomic E-state index is 13.7. The number of aryl methyl sites for hydroxylation is 1. The standard InChI is InChI=1S/C24H21FO3S/c1-17-14-21(10-11-23(17)28-16-24(26)27)29-13-12-22(18-6-3-2-4-7-18)19-8-5-9-20(25)15-19/h2-12,14-15H,13,16H2,1H3,(H,26,27)/b22-12-. The van der Waals surface area contributed by atoms with E-state index in [1.165, 1.54) is 6.07 Å². The highest BCUT2D eigenvalue weighted by Crippen LogP contribution is 2.28. The molecule has 0 saturated heterocycles. The molecule has 3 nitrogen and oxygen atoms in total. The lowest BCUT2D eigenvalue weighted by Crippen LogP contribution is -2.09. The molecular formula is C24H21FO3S. The Kier molecular flexibility index (Phi) is 7.09. The Morgan fingerprint density at radius 1 is 1.03 bits per heavy atom. The summed E-state index contributed by atoms with van der Waals surface area (Å²) in [5.41, 5.74) is 3.74. The molecule has 0 heterocycles. The molecule has 1 N–H and O–H groups in total. The normalized spacial score (nSPS) is 11.3. The highest BCUT2D eigenvalue weighted by molar-refractivity contribution is 7.99. The lowest BCUT2D eigenvalue weighted by Gasteiger charge is -2.10. The summed E-state index contributed by atoms with van der Waals surface area (Å²) in [4.78, 5) is 11.7. The van der Waals surface area contributed by atoms with Gasteiger partial charge in [0.15, 0.2) is 6.61 Å². The third-order valence-corrected chi connectivity index (χ3v) is 5.18. The Labute approximate surface area is 173 Å². The molecule has 0 aliphatic heterocycles. The van der Waals surface area contributed by atoms with Crippen molar-refractivity contribution in [3.8, 4) is 5.75 Å². The fraction of sp³-hybridized carbons (Fsp3) is 0.125. The van der Waals surface area contributed by atoms with Gasteiger partial charge in [0.05, 0.1) is 0 Å². The van der Waals surface area contributed by atoms with Crippen LogP contribution in [-0.2, 0) is 4.79 Å². The Bertz CT molecular complexity index is 1020. The van der Waals surface area contributed by atoms with Crippen molar-refractivity contribution in [1.29, 1.82) is 0 Å². The van der Waals surface area contributed by atoms with Gasteiger partial charge in [-0.2, -0.15) is 0 Å². The Morgan fingerprint density at radius 2 is 1.79 bits per heavy atom. The summed E-state index contributed by atoms with van der Waals surface area (Å²) in [6.45, 7) is 1.53. The molecule has 148 valence electrons. The second kappa shape index (κ2) is 9.94. The Balaban J connectivity index is 1.76. The van der Waals surface area contributed by atoms with Gasteiger partial charge in [0.1, 0.15) is 11.6 Å². The van der Waals surface area contributed by atoms with Crippen LogP contribution in [0.2, 0.25) is 0 Å². The molecule has 3 rings (SSSR count).